The molecule has 0 bridgehead atoms. The number of thiazole rings is 1. The van der Waals surface area contributed by atoms with Crippen molar-refractivity contribution < 1.29 is 18.3 Å². The molecule has 0 fully saturated rings. The lowest BCUT2D eigenvalue weighted by molar-refractivity contribution is -0.112. The molecule has 1 heterocycles. The molecule has 0 aliphatic heterocycles. The van der Waals surface area contributed by atoms with Gasteiger partial charge in [0, 0.05) is 16.0 Å². The van der Waals surface area contributed by atoms with E-state index < -0.39 is 11.7 Å². The summed E-state index contributed by atoms with van der Waals surface area (Å²) in [5.41, 5.74) is 1.84. The van der Waals surface area contributed by atoms with Crippen LogP contribution in [-0.4, -0.2) is 16.6 Å². The zero-order valence-electron chi connectivity index (χ0n) is 16.3. The molecular weight excluding hydrogens is 440 g/mol. The van der Waals surface area contributed by atoms with Gasteiger partial charge < -0.3 is 10.1 Å². The Balaban J connectivity index is 1.60. The van der Waals surface area contributed by atoms with Crippen LogP contribution in [-0.2, 0) is 11.4 Å². The maximum atomic E-state index is 12.4. The van der Waals surface area contributed by atoms with Crippen LogP contribution >= 0.6 is 23.1 Å². The third-order valence-electron chi connectivity index (χ3n) is 3.95. The lowest BCUT2D eigenvalue weighted by Gasteiger charge is -2.06. The van der Waals surface area contributed by atoms with E-state index in [0.717, 1.165) is 10.7 Å². The molecule has 0 unspecified atom stereocenters. The second-order valence-electron chi connectivity index (χ2n) is 6.24. The fraction of sp³-hybridized carbons (Fsp3) is 0.136. The van der Waals surface area contributed by atoms with Gasteiger partial charge in [-0.2, -0.15) is 14.0 Å². The number of nitrogens with zero attached hydrogens (tertiary/aromatic N) is 2. The molecule has 0 aliphatic rings. The van der Waals surface area contributed by atoms with Crippen LogP contribution < -0.4 is 10.1 Å². The highest BCUT2D eigenvalue weighted by molar-refractivity contribution is 7.99. The molecule has 0 saturated heterocycles. The van der Waals surface area contributed by atoms with Gasteiger partial charge in [0.05, 0.1) is 10.7 Å². The normalized spacial score (nSPS) is 11.3. The topological polar surface area (TPSA) is 75.0 Å². The summed E-state index contributed by atoms with van der Waals surface area (Å²) in [6.07, 6.45) is 1.46. The van der Waals surface area contributed by atoms with E-state index in [0.29, 0.717) is 40.3 Å². The molecule has 1 aromatic heterocycles. The summed E-state index contributed by atoms with van der Waals surface area (Å²) in [5, 5.41) is 14.9. The third kappa shape index (κ3) is 6.91. The highest BCUT2D eigenvalue weighted by Crippen LogP contribution is 2.26. The molecular formula is C22H17F2N3O2S2. The molecule has 31 heavy (non-hydrogen) atoms. The van der Waals surface area contributed by atoms with Gasteiger partial charge in [0.2, 0.25) is 0 Å². The van der Waals surface area contributed by atoms with Crippen molar-refractivity contribution in [2.45, 2.75) is 24.2 Å². The minimum atomic E-state index is -2.51. The quantitative estimate of drug-likeness (QED) is 0.259. The predicted molar refractivity (Wildman–Crippen MR) is 118 cm³/mol. The summed E-state index contributed by atoms with van der Waals surface area (Å²) in [6.45, 7) is 2.29. The first-order valence-electron chi connectivity index (χ1n) is 9.05. The summed E-state index contributed by atoms with van der Waals surface area (Å²) < 4.78 is 30.4. The van der Waals surface area contributed by atoms with E-state index in [2.05, 4.69) is 10.3 Å². The van der Waals surface area contributed by atoms with Gasteiger partial charge in [-0.15, -0.1) is 11.3 Å². The zero-order chi connectivity index (χ0) is 22.2. The molecule has 0 spiro atoms. The summed E-state index contributed by atoms with van der Waals surface area (Å²) in [7, 11) is 0. The maximum Gasteiger partial charge on any atom is 0.288 e. The summed E-state index contributed by atoms with van der Waals surface area (Å²) in [4.78, 5) is 17.1. The number of nitrogens with one attached hydrogen (secondary N) is 1. The van der Waals surface area contributed by atoms with E-state index in [9.17, 15) is 18.8 Å². The minimum Gasteiger partial charge on any atom is -0.487 e. The van der Waals surface area contributed by atoms with Crippen LogP contribution in [0.15, 0.2) is 64.4 Å². The number of nitriles is 1. The Morgan fingerprint density at radius 2 is 1.97 bits per heavy atom. The van der Waals surface area contributed by atoms with Crippen LogP contribution in [0.2, 0.25) is 0 Å². The van der Waals surface area contributed by atoms with Crippen molar-refractivity contribution >= 4 is 40.8 Å². The van der Waals surface area contributed by atoms with Gasteiger partial charge in [-0.3, -0.25) is 4.79 Å². The van der Waals surface area contributed by atoms with Crippen LogP contribution in [0.5, 0.6) is 5.75 Å². The smallest absolute Gasteiger partial charge is 0.288 e. The van der Waals surface area contributed by atoms with Crippen molar-refractivity contribution in [1.29, 1.82) is 5.26 Å². The number of rotatable bonds is 8. The number of amides is 1. The number of aryl methyl sites for hydroxylation is 1. The number of benzene rings is 2. The highest BCUT2D eigenvalue weighted by atomic mass is 32.2. The maximum absolute atomic E-state index is 12.4. The Bertz CT molecular complexity index is 1110. The number of hydrogen-bond donors (Lipinski definition) is 1. The number of ether oxygens (including phenoxy) is 1. The first kappa shape index (κ1) is 22.5. The van der Waals surface area contributed by atoms with E-state index in [1.807, 2.05) is 18.4 Å². The van der Waals surface area contributed by atoms with Gasteiger partial charge in [-0.25, -0.2) is 4.98 Å². The van der Waals surface area contributed by atoms with E-state index in [-0.39, 0.29) is 5.57 Å². The number of thioether (sulfide) groups is 1. The fourth-order valence-electron chi connectivity index (χ4n) is 2.53. The predicted octanol–water partition coefficient (Wildman–Crippen LogP) is 5.89. The Morgan fingerprint density at radius 3 is 2.55 bits per heavy atom. The Labute approximate surface area is 186 Å². The van der Waals surface area contributed by atoms with Gasteiger partial charge in [0.15, 0.2) is 0 Å². The van der Waals surface area contributed by atoms with Crippen LogP contribution in [0, 0.1) is 18.3 Å². The lowest BCUT2D eigenvalue weighted by atomic mass is 10.1. The van der Waals surface area contributed by atoms with Gasteiger partial charge in [0.1, 0.15) is 24.0 Å². The standard InChI is InChI=1S/C22H17F2N3O2S2/c1-14-26-18(13-30-14)12-29-19-6-2-15(3-7-19)10-16(11-25)21(28)27-17-4-8-20(9-5-17)31-22(23)24/h2-10,13,22H,12H2,1H3,(H,27,28)/b16-10+. The Morgan fingerprint density at radius 1 is 1.26 bits per heavy atom. The van der Waals surface area contributed by atoms with E-state index >= 15 is 0 Å². The Hall–Kier alpha value is -3.22. The molecule has 0 saturated carbocycles. The van der Waals surface area contributed by atoms with Crippen molar-refractivity contribution in [3.05, 3.63) is 75.7 Å². The second-order valence-corrected chi connectivity index (χ2v) is 8.37. The van der Waals surface area contributed by atoms with Gasteiger partial charge >= 0.3 is 0 Å². The lowest BCUT2D eigenvalue weighted by Crippen LogP contribution is -2.13. The van der Waals surface area contributed by atoms with Gasteiger partial charge in [-0.1, -0.05) is 23.9 Å². The average molecular weight is 458 g/mol. The molecule has 1 amide bonds. The van der Waals surface area contributed by atoms with Crippen molar-refractivity contribution in [3.63, 3.8) is 0 Å². The fourth-order valence-corrected chi connectivity index (χ4v) is 3.62. The molecule has 0 radical (unpaired) electrons. The van der Waals surface area contributed by atoms with Gasteiger partial charge in [0.25, 0.3) is 11.7 Å². The average Bonchev–Trinajstić information content (AvgIpc) is 3.17. The molecule has 158 valence electrons. The summed E-state index contributed by atoms with van der Waals surface area (Å²) in [5.74, 6) is -2.45. The van der Waals surface area contributed by atoms with Gasteiger partial charge in [-0.05, 0) is 55.0 Å². The monoisotopic (exact) mass is 457 g/mol. The third-order valence-corrected chi connectivity index (χ3v) is 5.49. The van der Waals surface area contributed by atoms with Crippen LogP contribution in [0.3, 0.4) is 0 Å². The van der Waals surface area contributed by atoms with Crippen molar-refractivity contribution in [1.82, 2.24) is 4.98 Å². The number of halogens is 2. The molecule has 0 atom stereocenters. The Kier molecular flexibility index (Phi) is 7.76. The van der Waals surface area contributed by atoms with Crippen LogP contribution in [0.25, 0.3) is 6.08 Å². The van der Waals surface area contributed by atoms with E-state index in [4.69, 9.17) is 4.74 Å². The molecule has 3 aromatic rings. The molecule has 1 N–H and O–H groups in total. The number of anilines is 1. The minimum absolute atomic E-state index is 0.0855. The van der Waals surface area contributed by atoms with Crippen LogP contribution in [0.4, 0.5) is 14.5 Å². The largest absolute Gasteiger partial charge is 0.487 e. The summed E-state index contributed by atoms with van der Waals surface area (Å²) in [6, 6.07) is 14.8. The second kappa shape index (κ2) is 10.7. The first-order chi connectivity index (χ1) is 14.9. The SMILES string of the molecule is Cc1nc(COc2ccc(/C=C(\C#N)C(=O)Nc3ccc(SC(F)F)cc3)cc2)cs1. The first-order valence-corrected chi connectivity index (χ1v) is 10.8. The zero-order valence-corrected chi connectivity index (χ0v) is 18.0. The number of aromatic nitrogens is 1. The summed E-state index contributed by atoms with van der Waals surface area (Å²) >= 11 is 1.98. The number of carbonyl (C=O) groups excluding carboxylic acids is 1. The molecule has 2 aromatic carbocycles. The van der Waals surface area contributed by atoms with Crippen molar-refractivity contribution in [3.8, 4) is 11.8 Å². The number of carbonyl (C=O) groups is 1. The van der Waals surface area contributed by atoms with Crippen molar-refractivity contribution in [2.24, 2.45) is 0 Å². The number of alkyl halides is 2. The van der Waals surface area contributed by atoms with Crippen LogP contribution in [0.1, 0.15) is 16.3 Å². The molecule has 0 aliphatic carbocycles. The van der Waals surface area contributed by atoms with E-state index in [1.165, 1.54) is 30.3 Å². The molecule has 5 nitrogen and oxygen atoms in total. The molecule has 9 heteroatoms. The molecule has 3 rings (SSSR count). The van der Waals surface area contributed by atoms with E-state index in [1.54, 1.807) is 35.6 Å². The van der Waals surface area contributed by atoms with Crippen molar-refractivity contribution in [2.75, 3.05) is 5.32 Å². The number of hydrogen-bond acceptors (Lipinski definition) is 6. The highest BCUT2D eigenvalue weighted by Gasteiger charge is 2.11.